The number of nitrogens with zero attached hydrogens (tertiary/aromatic N) is 3. The Kier molecular flexibility index (Phi) is 5.84. The van der Waals surface area contributed by atoms with Crippen LogP contribution in [0.15, 0.2) is 71.3 Å². The lowest BCUT2D eigenvalue weighted by Crippen LogP contribution is -2.47. The molecule has 3 aromatic rings. The Labute approximate surface area is 174 Å². The van der Waals surface area contributed by atoms with Gasteiger partial charge in [0, 0.05) is 31.6 Å². The molecule has 0 saturated carbocycles. The number of oxazole rings is 1. The van der Waals surface area contributed by atoms with Gasteiger partial charge in [-0.1, -0.05) is 81.4 Å². The first-order chi connectivity index (χ1) is 14.0. The second kappa shape index (κ2) is 8.52. The molecule has 1 saturated heterocycles. The van der Waals surface area contributed by atoms with Crippen LogP contribution in [0.5, 0.6) is 0 Å². The summed E-state index contributed by atoms with van der Waals surface area (Å²) in [5.74, 6) is 1.78. The molecule has 0 unspecified atom stereocenters. The maximum Gasteiger partial charge on any atom is 0.208 e. The van der Waals surface area contributed by atoms with Crippen LogP contribution in [0.4, 0.5) is 0 Å². The van der Waals surface area contributed by atoms with Gasteiger partial charge < -0.3 is 4.42 Å². The molecular formula is C25H31N3O. The Morgan fingerprint density at radius 2 is 1.41 bits per heavy atom. The van der Waals surface area contributed by atoms with E-state index in [1.165, 1.54) is 11.1 Å². The van der Waals surface area contributed by atoms with Gasteiger partial charge in [0.05, 0.1) is 18.8 Å². The van der Waals surface area contributed by atoms with E-state index in [-0.39, 0.29) is 5.41 Å². The summed E-state index contributed by atoms with van der Waals surface area (Å²) in [6.45, 7) is 11.3. The number of rotatable bonds is 5. The van der Waals surface area contributed by atoms with E-state index in [1.54, 1.807) is 0 Å². The molecule has 4 rings (SSSR count). The first-order valence-electron chi connectivity index (χ1n) is 10.5. The fraction of sp³-hybridized carbons (Fsp3) is 0.400. The summed E-state index contributed by atoms with van der Waals surface area (Å²) >= 11 is 0. The Hall–Kier alpha value is -2.43. The Balaban J connectivity index is 1.44. The Morgan fingerprint density at radius 3 is 1.90 bits per heavy atom. The summed E-state index contributed by atoms with van der Waals surface area (Å²) in [7, 11) is 0. The largest absolute Gasteiger partial charge is 0.444 e. The maximum atomic E-state index is 6.00. The van der Waals surface area contributed by atoms with Gasteiger partial charge in [0.2, 0.25) is 5.89 Å². The second-order valence-corrected chi connectivity index (χ2v) is 8.90. The predicted molar refractivity (Wildman–Crippen MR) is 117 cm³/mol. The lowest BCUT2D eigenvalue weighted by Gasteiger charge is -2.39. The summed E-state index contributed by atoms with van der Waals surface area (Å²) in [4.78, 5) is 9.54. The average molecular weight is 390 g/mol. The van der Waals surface area contributed by atoms with Gasteiger partial charge in [0.15, 0.2) is 0 Å². The molecule has 1 aliphatic rings. The van der Waals surface area contributed by atoms with Crippen molar-refractivity contribution in [2.24, 2.45) is 0 Å². The van der Waals surface area contributed by atoms with E-state index in [9.17, 15) is 0 Å². The third-order valence-corrected chi connectivity index (χ3v) is 5.65. The van der Waals surface area contributed by atoms with Crippen molar-refractivity contribution in [2.75, 3.05) is 26.2 Å². The topological polar surface area (TPSA) is 32.5 Å². The summed E-state index contributed by atoms with van der Waals surface area (Å²) in [6.07, 6.45) is 1.88. The number of hydrogen-bond acceptors (Lipinski definition) is 4. The second-order valence-electron chi connectivity index (χ2n) is 8.90. The van der Waals surface area contributed by atoms with Crippen LogP contribution in [0.3, 0.4) is 0 Å². The van der Waals surface area contributed by atoms with Gasteiger partial charge in [-0.2, -0.15) is 0 Å². The zero-order valence-electron chi connectivity index (χ0n) is 17.7. The number of benzene rings is 2. The van der Waals surface area contributed by atoms with E-state index in [2.05, 4.69) is 96.2 Å². The minimum atomic E-state index is 0.00252. The van der Waals surface area contributed by atoms with Gasteiger partial charge in [0.25, 0.3) is 0 Å². The van der Waals surface area contributed by atoms with Crippen LogP contribution in [-0.4, -0.2) is 41.0 Å². The average Bonchev–Trinajstić information content (AvgIpc) is 3.20. The van der Waals surface area contributed by atoms with Gasteiger partial charge in [-0.05, 0) is 11.1 Å². The number of hydrogen-bond donors (Lipinski definition) is 0. The van der Waals surface area contributed by atoms with Crippen LogP contribution in [0.25, 0.3) is 0 Å². The van der Waals surface area contributed by atoms with E-state index in [1.807, 2.05) is 6.20 Å². The normalized spacial score (nSPS) is 16.4. The Morgan fingerprint density at radius 1 is 0.862 bits per heavy atom. The van der Waals surface area contributed by atoms with Gasteiger partial charge in [0.1, 0.15) is 5.76 Å². The third kappa shape index (κ3) is 4.77. The number of piperazine rings is 1. The van der Waals surface area contributed by atoms with Crippen molar-refractivity contribution in [3.63, 3.8) is 0 Å². The molecule has 1 fully saturated rings. The fourth-order valence-electron chi connectivity index (χ4n) is 3.99. The highest BCUT2D eigenvalue weighted by molar-refractivity contribution is 5.32. The van der Waals surface area contributed by atoms with E-state index in [4.69, 9.17) is 4.42 Å². The van der Waals surface area contributed by atoms with Gasteiger partial charge >= 0.3 is 0 Å². The monoisotopic (exact) mass is 389 g/mol. The number of aromatic nitrogens is 1. The van der Waals surface area contributed by atoms with Gasteiger partial charge in [-0.25, -0.2) is 4.98 Å². The summed E-state index contributed by atoms with van der Waals surface area (Å²) in [6, 6.07) is 22.0. The van der Waals surface area contributed by atoms with Crippen LogP contribution in [-0.2, 0) is 12.0 Å². The Bertz CT molecular complexity index is 851. The first kappa shape index (κ1) is 19.9. The van der Waals surface area contributed by atoms with Gasteiger partial charge in [-0.3, -0.25) is 9.80 Å². The minimum Gasteiger partial charge on any atom is -0.444 e. The van der Waals surface area contributed by atoms with Crippen molar-refractivity contribution < 1.29 is 4.42 Å². The highest BCUT2D eigenvalue weighted by Gasteiger charge is 2.27. The summed E-state index contributed by atoms with van der Waals surface area (Å²) in [5, 5.41) is 0. The van der Waals surface area contributed by atoms with Crippen LogP contribution in [0.2, 0.25) is 0 Å². The molecule has 0 atom stereocenters. The molecule has 1 aromatic heterocycles. The van der Waals surface area contributed by atoms with Crippen LogP contribution < -0.4 is 0 Å². The van der Waals surface area contributed by atoms with Crippen LogP contribution in [0.1, 0.15) is 49.6 Å². The summed E-state index contributed by atoms with van der Waals surface area (Å²) < 4.78 is 6.00. The molecule has 0 radical (unpaired) electrons. The lowest BCUT2D eigenvalue weighted by molar-refractivity contribution is 0.0977. The van der Waals surface area contributed by atoms with Crippen molar-refractivity contribution in [1.82, 2.24) is 14.8 Å². The molecule has 1 aliphatic heterocycles. The smallest absolute Gasteiger partial charge is 0.208 e. The fourth-order valence-corrected chi connectivity index (χ4v) is 3.99. The van der Waals surface area contributed by atoms with E-state index < -0.39 is 0 Å². The molecule has 0 bridgehead atoms. The highest BCUT2D eigenvalue weighted by Crippen LogP contribution is 2.30. The van der Waals surface area contributed by atoms with Gasteiger partial charge in [-0.15, -0.1) is 0 Å². The molecule has 29 heavy (non-hydrogen) atoms. The molecule has 0 N–H and O–H groups in total. The van der Waals surface area contributed by atoms with Crippen molar-refractivity contribution in [1.29, 1.82) is 0 Å². The van der Waals surface area contributed by atoms with Crippen molar-refractivity contribution >= 4 is 0 Å². The van der Waals surface area contributed by atoms with Crippen molar-refractivity contribution in [3.8, 4) is 0 Å². The molecule has 4 heteroatoms. The molecule has 0 amide bonds. The zero-order chi connectivity index (χ0) is 20.3. The molecular weight excluding hydrogens is 358 g/mol. The van der Waals surface area contributed by atoms with Crippen molar-refractivity contribution in [2.45, 2.75) is 38.8 Å². The molecule has 0 spiro atoms. The molecule has 4 nitrogen and oxygen atoms in total. The summed E-state index contributed by atoms with van der Waals surface area (Å²) in [5.41, 5.74) is 2.71. The van der Waals surface area contributed by atoms with E-state index >= 15 is 0 Å². The van der Waals surface area contributed by atoms with Crippen LogP contribution >= 0.6 is 0 Å². The SMILES string of the molecule is CC(C)(C)c1cnc(CN2CCN(C(c3ccccc3)c3ccccc3)CC2)o1. The van der Waals surface area contributed by atoms with Crippen LogP contribution in [0, 0.1) is 0 Å². The molecule has 2 heterocycles. The third-order valence-electron chi connectivity index (χ3n) is 5.65. The van der Waals surface area contributed by atoms with Crippen molar-refractivity contribution in [3.05, 3.63) is 89.6 Å². The standard InChI is InChI=1S/C25H31N3O/c1-25(2,3)22-18-26-23(29-22)19-27-14-16-28(17-15-27)24(20-10-6-4-7-11-20)21-12-8-5-9-13-21/h4-13,18,24H,14-17,19H2,1-3H3. The zero-order valence-corrected chi connectivity index (χ0v) is 17.7. The molecule has 2 aromatic carbocycles. The quantitative estimate of drug-likeness (QED) is 0.623. The lowest BCUT2D eigenvalue weighted by atomic mass is 9.94. The molecule has 0 aliphatic carbocycles. The molecule has 152 valence electrons. The van der Waals surface area contributed by atoms with E-state index in [0.717, 1.165) is 44.4 Å². The first-order valence-corrected chi connectivity index (χ1v) is 10.5. The highest BCUT2D eigenvalue weighted by atomic mass is 16.4. The van der Waals surface area contributed by atoms with E-state index in [0.29, 0.717) is 6.04 Å². The minimum absolute atomic E-state index is 0.00252. The predicted octanol–water partition coefficient (Wildman–Crippen LogP) is 4.88. The maximum absolute atomic E-state index is 6.00.